The van der Waals surface area contributed by atoms with Crippen molar-refractivity contribution in [1.82, 2.24) is 0 Å². The van der Waals surface area contributed by atoms with Crippen molar-refractivity contribution in [2.24, 2.45) is 0 Å². The van der Waals surface area contributed by atoms with Crippen LogP contribution in [-0.4, -0.2) is 26.0 Å². The van der Waals surface area contributed by atoms with Crippen LogP contribution in [0.2, 0.25) is 0 Å². The fourth-order valence-corrected chi connectivity index (χ4v) is 2.78. The number of nitrogens with one attached hydrogen (secondary N) is 1. The first-order chi connectivity index (χ1) is 11.1. The predicted octanol–water partition coefficient (Wildman–Crippen LogP) is 2.78. The van der Waals surface area contributed by atoms with E-state index in [4.69, 9.17) is 4.74 Å². The Morgan fingerprint density at radius 3 is 2.57 bits per heavy atom. The van der Waals surface area contributed by atoms with E-state index in [1.54, 1.807) is 43.3 Å². The summed E-state index contributed by atoms with van der Waals surface area (Å²) in [5, 5.41) is 2.87. The average Bonchev–Trinajstić information content (AvgIpc) is 2.58. The number of carbonyl (C=O) groups is 2. The summed E-state index contributed by atoms with van der Waals surface area (Å²) in [5.41, 5.74) is 2.35. The Labute approximate surface area is 134 Å². The number of anilines is 2. The van der Waals surface area contributed by atoms with E-state index in [-0.39, 0.29) is 18.2 Å². The summed E-state index contributed by atoms with van der Waals surface area (Å²) >= 11 is 0. The number of carbonyl (C=O) groups excluding carboxylic acids is 2. The van der Waals surface area contributed by atoms with Crippen LogP contribution >= 0.6 is 0 Å². The highest BCUT2D eigenvalue weighted by Crippen LogP contribution is 2.35. The van der Waals surface area contributed by atoms with Crippen molar-refractivity contribution in [2.75, 3.05) is 24.4 Å². The molecule has 1 aliphatic rings. The lowest BCUT2D eigenvalue weighted by Crippen LogP contribution is -2.37. The molecule has 0 bridgehead atoms. The normalized spacial score (nSPS) is 16.7. The smallest absolute Gasteiger partial charge is 0.232 e. The van der Waals surface area contributed by atoms with Gasteiger partial charge in [0.1, 0.15) is 5.75 Å². The molecule has 2 amide bonds. The molecule has 5 nitrogen and oxygen atoms in total. The average molecular weight is 310 g/mol. The van der Waals surface area contributed by atoms with Gasteiger partial charge in [-0.3, -0.25) is 9.59 Å². The van der Waals surface area contributed by atoms with E-state index in [2.05, 4.69) is 5.32 Å². The molecule has 0 saturated heterocycles. The molecule has 3 rings (SSSR count). The molecule has 1 unspecified atom stereocenters. The van der Waals surface area contributed by atoms with Crippen molar-refractivity contribution in [2.45, 2.75) is 12.3 Å². The van der Waals surface area contributed by atoms with Crippen LogP contribution in [0.25, 0.3) is 0 Å². The van der Waals surface area contributed by atoms with Gasteiger partial charge in [0.2, 0.25) is 11.8 Å². The van der Waals surface area contributed by atoms with Crippen molar-refractivity contribution in [3.8, 4) is 5.75 Å². The first-order valence-corrected chi connectivity index (χ1v) is 7.40. The van der Waals surface area contributed by atoms with E-state index < -0.39 is 5.92 Å². The van der Waals surface area contributed by atoms with E-state index >= 15 is 0 Å². The molecule has 118 valence electrons. The number of para-hydroxylation sites is 1. The zero-order valence-electron chi connectivity index (χ0n) is 13.1. The summed E-state index contributed by atoms with van der Waals surface area (Å²) in [4.78, 5) is 26.4. The topological polar surface area (TPSA) is 58.6 Å². The Morgan fingerprint density at radius 2 is 1.87 bits per heavy atom. The monoisotopic (exact) mass is 310 g/mol. The molecule has 1 N–H and O–H groups in total. The van der Waals surface area contributed by atoms with Crippen LogP contribution in [0.15, 0.2) is 48.5 Å². The van der Waals surface area contributed by atoms with Crippen molar-refractivity contribution >= 4 is 23.2 Å². The maximum atomic E-state index is 12.6. The summed E-state index contributed by atoms with van der Waals surface area (Å²) < 4.78 is 5.10. The van der Waals surface area contributed by atoms with Gasteiger partial charge in [-0.15, -0.1) is 0 Å². The van der Waals surface area contributed by atoms with Crippen LogP contribution in [0.5, 0.6) is 5.75 Å². The van der Waals surface area contributed by atoms with E-state index in [9.17, 15) is 9.59 Å². The third kappa shape index (κ3) is 2.90. The lowest BCUT2D eigenvalue weighted by molar-refractivity contribution is -0.124. The second-order valence-corrected chi connectivity index (χ2v) is 5.49. The molecule has 0 radical (unpaired) electrons. The molecule has 5 heteroatoms. The molecule has 23 heavy (non-hydrogen) atoms. The number of amides is 2. The van der Waals surface area contributed by atoms with E-state index in [1.165, 1.54) is 0 Å². The number of benzene rings is 2. The predicted molar refractivity (Wildman–Crippen MR) is 88.8 cm³/mol. The van der Waals surface area contributed by atoms with E-state index in [0.717, 1.165) is 17.0 Å². The van der Waals surface area contributed by atoms with Gasteiger partial charge < -0.3 is 15.0 Å². The SMILES string of the molecule is COc1ccc(NC(=O)C2CC(=O)N(C)c3ccccc32)cc1. The van der Waals surface area contributed by atoms with Gasteiger partial charge in [0.15, 0.2) is 0 Å². The maximum absolute atomic E-state index is 12.6. The van der Waals surface area contributed by atoms with Gasteiger partial charge in [-0.2, -0.15) is 0 Å². The highest BCUT2D eigenvalue weighted by atomic mass is 16.5. The van der Waals surface area contributed by atoms with Crippen molar-refractivity contribution in [3.63, 3.8) is 0 Å². The number of methoxy groups -OCH3 is 1. The molecular weight excluding hydrogens is 292 g/mol. The third-order valence-corrected chi connectivity index (χ3v) is 4.10. The summed E-state index contributed by atoms with van der Waals surface area (Å²) in [5.74, 6) is 0.0162. The Bertz CT molecular complexity index is 740. The molecule has 1 aliphatic heterocycles. The standard InChI is InChI=1S/C18H18N2O3/c1-20-16-6-4-3-5-14(16)15(11-17(20)21)18(22)19-12-7-9-13(23-2)10-8-12/h3-10,15H,11H2,1-2H3,(H,19,22). The van der Waals surface area contributed by atoms with Crippen LogP contribution in [0.3, 0.4) is 0 Å². The minimum absolute atomic E-state index is 0.0569. The Kier molecular flexibility index (Phi) is 4.02. The third-order valence-electron chi connectivity index (χ3n) is 4.10. The summed E-state index contributed by atoms with van der Waals surface area (Å²) in [6, 6.07) is 14.6. The van der Waals surface area contributed by atoms with Crippen LogP contribution in [0.1, 0.15) is 17.9 Å². The van der Waals surface area contributed by atoms with Gasteiger partial charge in [-0.25, -0.2) is 0 Å². The fraction of sp³-hybridized carbons (Fsp3) is 0.222. The molecule has 0 aliphatic carbocycles. The van der Waals surface area contributed by atoms with Gasteiger partial charge in [0.05, 0.1) is 13.0 Å². The summed E-state index contributed by atoms with van der Waals surface area (Å²) in [6.07, 6.45) is 0.176. The van der Waals surface area contributed by atoms with Crippen molar-refractivity contribution in [3.05, 3.63) is 54.1 Å². The Morgan fingerprint density at radius 1 is 1.17 bits per heavy atom. The molecule has 1 heterocycles. The molecule has 2 aromatic rings. The molecule has 0 saturated carbocycles. The largest absolute Gasteiger partial charge is 0.497 e. The first-order valence-electron chi connectivity index (χ1n) is 7.40. The maximum Gasteiger partial charge on any atom is 0.232 e. The minimum Gasteiger partial charge on any atom is -0.497 e. The molecular formula is C18H18N2O3. The number of hydrogen-bond acceptors (Lipinski definition) is 3. The lowest BCUT2D eigenvalue weighted by Gasteiger charge is -2.30. The lowest BCUT2D eigenvalue weighted by atomic mass is 9.89. The zero-order valence-corrected chi connectivity index (χ0v) is 13.1. The second kappa shape index (κ2) is 6.12. The second-order valence-electron chi connectivity index (χ2n) is 5.49. The highest BCUT2D eigenvalue weighted by molar-refractivity contribution is 6.05. The zero-order chi connectivity index (χ0) is 16.4. The first kappa shape index (κ1) is 15.1. The Balaban J connectivity index is 1.84. The number of hydrogen-bond donors (Lipinski definition) is 1. The van der Waals surface area contributed by atoms with Crippen LogP contribution in [0, 0.1) is 0 Å². The molecule has 0 fully saturated rings. The van der Waals surface area contributed by atoms with E-state index in [1.807, 2.05) is 24.3 Å². The van der Waals surface area contributed by atoms with Gasteiger partial charge in [-0.05, 0) is 35.9 Å². The van der Waals surface area contributed by atoms with E-state index in [0.29, 0.717) is 5.69 Å². The Hall–Kier alpha value is -2.82. The van der Waals surface area contributed by atoms with Gasteiger partial charge in [-0.1, -0.05) is 18.2 Å². The van der Waals surface area contributed by atoms with Crippen LogP contribution in [-0.2, 0) is 9.59 Å². The number of rotatable bonds is 3. The van der Waals surface area contributed by atoms with Gasteiger partial charge >= 0.3 is 0 Å². The summed E-state index contributed by atoms with van der Waals surface area (Å²) in [6.45, 7) is 0. The molecule has 1 atom stereocenters. The molecule has 2 aromatic carbocycles. The summed E-state index contributed by atoms with van der Waals surface area (Å²) in [7, 11) is 3.33. The minimum atomic E-state index is -0.475. The van der Waals surface area contributed by atoms with Crippen LogP contribution in [0.4, 0.5) is 11.4 Å². The number of nitrogens with zero attached hydrogens (tertiary/aromatic N) is 1. The molecule has 0 spiro atoms. The molecule has 0 aromatic heterocycles. The number of fused-ring (bicyclic) bond motifs is 1. The fourth-order valence-electron chi connectivity index (χ4n) is 2.78. The van der Waals surface area contributed by atoms with Crippen molar-refractivity contribution in [1.29, 1.82) is 0 Å². The van der Waals surface area contributed by atoms with Crippen LogP contribution < -0.4 is 15.0 Å². The van der Waals surface area contributed by atoms with Gasteiger partial charge in [0, 0.05) is 24.8 Å². The quantitative estimate of drug-likeness (QED) is 0.948. The highest BCUT2D eigenvalue weighted by Gasteiger charge is 2.33. The van der Waals surface area contributed by atoms with Gasteiger partial charge in [0.25, 0.3) is 0 Å². The number of ether oxygens (including phenoxy) is 1. The van der Waals surface area contributed by atoms with Crippen molar-refractivity contribution < 1.29 is 14.3 Å².